The van der Waals surface area contributed by atoms with Gasteiger partial charge in [0.25, 0.3) is 0 Å². The average molecular weight is 259 g/mol. The summed E-state index contributed by atoms with van der Waals surface area (Å²) in [5, 5.41) is 2.92. The lowest BCUT2D eigenvalue weighted by Crippen LogP contribution is -1.95. The number of hydrogen-bond donors (Lipinski definition) is 1. The molecule has 0 fully saturated rings. The quantitative estimate of drug-likeness (QED) is 0.848. The Kier molecular flexibility index (Phi) is 3.58. The molecule has 0 unspecified atom stereocenters. The third kappa shape index (κ3) is 2.55. The van der Waals surface area contributed by atoms with Gasteiger partial charge in [-0.25, -0.2) is 13.8 Å². The monoisotopic (exact) mass is 258 g/mol. The van der Waals surface area contributed by atoms with Crippen LogP contribution in [0.3, 0.4) is 0 Å². The van der Waals surface area contributed by atoms with Gasteiger partial charge in [0, 0.05) is 10.6 Å². The molecule has 17 heavy (non-hydrogen) atoms. The van der Waals surface area contributed by atoms with E-state index in [2.05, 4.69) is 10.3 Å². The zero-order chi connectivity index (χ0) is 12.3. The van der Waals surface area contributed by atoms with Crippen LogP contribution < -0.4 is 5.32 Å². The van der Waals surface area contributed by atoms with Crippen LogP contribution in [0.25, 0.3) is 11.3 Å². The van der Waals surface area contributed by atoms with E-state index in [-0.39, 0.29) is 11.8 Å². The van der Waals surface area contributed by atoms with Gasteiger partial charge < -0.3 is 9.73 Å². The summed E-state index contributed by atoms with van der Waals surface area (Å²) in [4.78, 5) is 3.93. The van der Waals surface area contributed by atoms with Crippen LogP contribution in [0.4, 0.5) is 14.7 Å². The first-order valence-corrected chi connectivity index (χ1v) is 5.24. The molecule has 0 aliphatic rings. The van der Waals surface area contributed by atoms with Crippen LogP contribution in [0.5, 0.6) is 0 Å². The molecule has 1 aromatic carbocycles. The number of aromatic nitrogens is 1. The molecule has 2 aromatic rings. The Balaban J connectivity index is 2.42. The smallest absolute Gasteiger partial charge is 0.228 e. The topological polar surface area (TPSA) is 38.1 Å². The standard InChI is InChI=1S/C11H9ClF2N2O/c12-8-3-1-7(2-4-8)10-11(15-6-14)17-9(5-13)16-10/h1-4,15H,5-6H2. The van der Waals surface area contributed by atoms with Gasteiger partial charge in [-0.05, 0) is 12.1 Å². The first-order chi connectivity index (χ1) is 8.24. The number of rotatable bonds is 4. The summed E-state index contributed by atoms with van der Waals surface area (Å²) in [5.74, 6) is 0.0216. The molecule has 1 N–H and O–H groups in total. The van der Waals surface area contributed by atoms with Crippen LogP contribution in [0, 0.1) is 0 Å². The largest absolute Gasteiger partial charge is 0.422 e. The van der Waals surface area contributed by atoms with E-state index in [9.17, 15) is 8.78 Å². The molecule has 3 nitrogen and oxygen atoms in total. The molecule has 0 radical (unpaired) electrons. The molecule has 0 saturated carbocycles. The van der Waals surface area contributed by atoms with Gasteiger partial charge in [0.05, 0.1) is 0 Å². The number of hydrogen-bond acceptors (Lipinski definition) is 3. The summed E-state index contributed by atoms with van der Waals surface area (Å²) >= 11 is 5.75. The summed E-state index contributed by atoms with van der Waals surface area (Å²) in [6.45, 7) is -1.66. The fourth-order valence-corrected chi connectivity index (χ4v) is 1.53. The van der Waals surface area contributed by atoms with E-state index in [1.54, 1.807) is 24.3 Å². The van der Waals surface area contributed by atoms with Crippen LogP contribution in [0.1, 0.15) is 5.89 Å². The van der Waals surface area contributed by atoms with Gasteiger partial charge in [-0.2, -0.15) is 0 Å². The molecule has 0 bridgehead atoms. The maximum absolute atomic E-state index is 12.4. The van der Waals surface area contributed by atoms with E-state index < -0.39 is 13.5 Å². The Hall–Kier alpha value is -1.62. The Morgan fingerprint density at radius 1 is 1.24 bits per heavy atom. The fraction of sp³-hybridized carbons (Fsp3) is 0.182. The maximum Gasteiger partial charge on any atom is 0.228 e. The van der Waals surface area contributed by atoms with Crippen LogP contribution in [-0.2, 0) is 6.67 Å². The highest BCUT2D eigenvalue weighted by Gasteiger charge is 2.14. The van der Waals surface area contributed by atoms with Crippen LogP contribution in [0.2, 0.25) is 5.02 Å². The molecule has 1 aromatic heterocycles. The van der Waals surface area contributed by atoms with Crippen molar-refractivity contribution in [1.29, 1.82) is 0 Å². The van der Waals surface area contributed by atoms with Crippen molar-refractivity contribution in [2.75, 3.05) is 12.1 Å². The Bertz CT molecular complexity index is 499. The number of anilines is 1. The molecule has 90 valence electrons. The fourth-order valence-electron chi connectivity index (χ4n) is 1.41. The number of alkyl halides is 2. The van der Waals surface area contributed by atoms with Gasteiger partial charge in [0.1, 0.15) is 5.69 Å². The maximum atomic E-state index is 12.4. The van der Waals surface area contributed by atoms with E-state index in [0.29, 0.717) is 16.3 Å². The van der Waals surface area contributed by atoms with Crippen molar-refractivity contribution in [2.45, 2.75) is 6.67 Å². The SMILES string of the molecule is FCNc1oc(CF)nc1-c1ccc(Cl)cc1. The molecule has 0 spiro atoms. The molecule has 6 heteroatoms. The van der Waals surface area contributed by atoms with Gasteiger partial charge in [0.15, 0.2) is 13.5 Å². The van der Waals surface area contributed by atoms with Gasteiger partial charge in [-0.3, -0.25) is 0 Å². The lowest BCUT2D eigenvalue weighted by atomic mass is 10.1. The predicted octanol–water partition coefficient (Wildman–Crippen LogP) is 3.80. The van der Waals surface area contributed by atoms with Gasteiger partial charge >= 0.3 is 0 Å². The van der Waals surface area contributed by atoms with Crippen molar-refractivity contribution >= 4 is 17.5 Å². The molecular formula is C11H9ClF2N2O. The minimum atomic E-state index is -0.839. The summed E-state index contributed by atoms with van der Waals surface area (Å²) in [6.07, 6.45) is 0. The van der Waals surface area contributed by atoms with Gasteiger partial charge in [0.2, 0.25) is 11.8 Å². The molecule has 1 heterocycles. The Morgan fingerprint density at radius 3 is 2.53 bits per heavy atom. The highest BCUT2D eigenvalue weighted by atomic mass is 35.5. The van der Waals surface area contributed by atoms with Crippen molar-refractivity contribution in [2.24, 2.45) is 0 Å². The second-order valence-corrected chi connectivity index (χ2v) is 3.67. The van der Waals surface area contributed by atoms with E-state index in [1.165, 1.54) is 0 Å². The zero-order valence-corrected chi connectivity index (χ0v) is 9.47. The predicted molar refractivity (Wildman–Crippen MR) is 61.4 cm³/mol. The van der Waals surface area contributed by atoms with Crippen LogP contribution >= 0.6 is 11.6 Å². The highest BCUT2D eigenvalue weighted by molar-refractivity contribution is 6.30. The third-order valence-corrected chi connectivity index (χ3v) is 2.38. The number of oxazole rings is 1. The highest BCUT2D eigenvalue weighted by Crippen LogP contribution is 2.29. The molecule has 0 saturated heterocycles. The van der Waals surface area contributed by atoms with Crippen molar-refractivity contribution < 1.29 is 13.2 Å². The molecule has 0 amide bonds. The minimum Gasteiger partial charge on any atom is -0.422 e. The second kappa shape index (κ2) is 5.14. The van der Waals surface area contributed by atoms with Gasteiger partial charge in [-0.1, -0.05) is 23.7 Å². The molecule has 0 atom stereocenters. The van der Waals surface area contributed by atoms with E-state index in [1.807, 2.05) is 0 Å². The van der Waals surface area contributed by atoms with Crippen molar-refractivity contribution in [3.8, 4) is 11.3 Å². The molecule has 2 rings (SSSR count). The van der Waals surface area contributed by atoms with Gasteiger partial charge in [-0.15, -0.1) is 0 Å². The van der Waals surface area contributed by atoms with Crippen molar-refractivity contribution in [1.82, 2.24) is 4.98 Å². The van der Waals surface area contributed by atoms with Crippen molar-refractivity contribution in [3.63, 3.8) is 0 Å². The Labute approximate surface area is 101 Å². The number of halogens is 3. The third-order valence-electron chi connectivity index (χ3n) is 2.13. The van der Waals surface area contributed by atoms with E-state index in [4.69, 9.17) is 16.0 Å². The lowest BCUT2D eigenvalue weighted by Gasteiger charge is -2.00. The average Bonchev–Trinajstić information content (AvgIpc) is 2.74. The molecule has 0 aliphatic carbocycles. The summed E-state index contributed by atoms with van der Waals surface area (Å²) < 4.78 is 29.7. The summed E-state index contributed by atoms with van der Waals surface area (Å²) in [7, 11) is 0. The lowest BCUT2D eigenvalue weighted by molar-refractivity contribution is 0.383. The number of nitrogens with one attached hydrogen (secondary N) is 1. The first kappa shape index (κ1) is 11.9. The Morgan fingerprint density at radius 2 is 1.94 bits per heavy atom. The minimum absolute atomic E-state index is 0.0918. The van der Waals surface area contributed by atoms with Crippen LogP contribution in [-0.4, -0.2) is 11.8 Å². The van der Waals surface area contributed by atoms with E-state index >= 15 is 0 Å². The van der Waals surface area contributed by atoms with E-state index in [0.717, 1.165) is 0 Å². The van der Waals surface area contributed by atoms with Crippen LogP contribution in [0.15, 0.2) is 28.7 Å². The number of benzene rings is 1. The second-order valence-electron chi connectivity index (χ2n) is 3.24. The first-order valence-electron chi connectivity index (χ1n) is 4.86. The normalized spacial score (nSPS) is 10.5. The summed E-state index contributed by atoms with van der Waals surface area (Å²) in [5.41, 5.74) is 1.04. The zero-order valence-electron chi connectivity index (χ0n) is 8.71. The van der Waals surface area contributed by atoms with Crippen molar-refractivity contribution in [3.05, 3.63) is 35.2 Å². The summed E-state index contributed by atoms with van der Waals surface area (Å²) in [6, 6.07) is 6.73. The number of nitrogens with zero attached hydrogens (tertiary/aromatic N) is 1. The molecule has 0 aliphatic heterocycles. The molecular weight excluding hydrogens is 250 g/mol.